The fourth-order valence-electron chi connectivity index (χ4n) is 1.37. The molecule has 0 aliphatic carbocycles. The van der Waals surface area contributed by atoms with E-state index in [4.69, 9.17) is 0 Å². The van der Waals surface area contributed by atoms with Crippen molar-refractivity contribution in [2.75, 3.05) is 0 Å². The topological polar surface area (TPSA) is 3.24 Å². The van der Waals surface area contributed by atoms with E-state index in [0.29, 0.717) is 12.1 Å². The van der Waals surface area contributed by atoms with Crippen molar-refractivity contribution in [3.05, 3.63) is 6.54 Å². The van der Waals surface area contributed by atoms with Gasteiger partial charge in [0.05, 0.1) is 0 Å². The predicted molar refractivity (Wildman–Crippen MR) is 51.3 cm³/mol. The Kier molecular flexibility index (Phi) is 5.57. The van der Waals surface area contributed by atoms with Crippen molar-refractivity contribution in [2.45, 2.75) is 59.5 Å². The highest BCUT2D eigenvalue weighted by Crippen LogP contribution is 2.12. The van der Waals surface area contributed by atoms with E-state index in [2.05, 4.69) is 46.1 Å². The molecule has 0 aromatic rings. The summed E-state index contributed by atoms with van der Waals surface area (Å²) >= 11 is 0. The van der Waals surface area contributed by atoms with Crippen molar-refractivity contribution in [3.8, 4) is 0 Å². The largest absolute Gasteiger partial charge is 0.294 e. The minimum Gasteiger partial charge on any atom is -0.294 e. The maximum absolute atomic E-state index is 2.44. The first-order valence-electron chi connectivity index (χ1n) is 4.74. The average molecular weight is 156 g/mol. The highest BCUT2D eigenvalue weighted by molar-refractivity contribution is 4.75. The molecule has 11 heavy (non-hydrogen) atoms. The Morgan fingerprint density at radius 2 is 1.45 bits per heavy atom. The van der Waals surface area contributed by atoms with Crippen LogP contribution in [0, 0.1) is 6.54 Å². The van der Waals surface area contributed by atoms with Crippen molar-refractivity contribution in [1.82, 2.24) is 4.90 Å². The van der Waals surface area contributed by atoms with Crippen LogP contribution in [0.25, 0.3) is 0 Å². The Balaban J connectivity index is 3.92. The van der Waals surface area contributed by atoms with Crippen LogP contribution in [0.4, 0.5) is 0 Å². The van der Waals surface area contributed by atoms with E-state index in [1.165, 1.54) is 12.8 Å². The summed E-state index contributed by atoms with van der Waals surface area (Å²) in [4.78, 5) is 2.44. The third kappa shape index (κ3) is 3.24. The van der Waals surface area contributed by atoms with E-state index in [9.17, 15) is 0 Å². The third-order valence-electron chi connectivity index (χ3n) is 2.50. The molecule has 0 fully saturated rings. The van der Waals surface area contributed by atoms with Gasteiger partial charge in [-0.1, -0.05) is 13.8 Å². The molecule has 1 radical (unpaired) electrons. The Morgan fingerprint density at radius 1 is 1.09 bits per heavy atom. The Morgan fingerprint density at radius 3 is 1.64 bits per heavy atom. The zero-order valence-electron chi connectivity index (χ0n) is 8.59. The summed E-state index contributed by atoms with van der Waals surface area (Å²) in [5, 5.41) is 0. The van der Waals surface area contributed by atoms with E-state index >= 15 is 0 Å². The molecule has 0 heterocycles. The van der Waals surface area contributed by atoms with Gasteiger partial charge in [-0.05, 0) is 33.6 Å². The van der Waals surface area contributed by atoms with Gasteiger partial charge in [0, 0.05) is 18.6 Å². The normalized spacial score (nSPS) is 16.9. The molecule has 0 aliphatic rings. The fourth-order valence-corrected chi connectivity index (χ4v) is 1.37. The molecule has 0 N–H and O–H groups in total. The van der Waals surface area contributed by atoms with Crippen LogP contribution >= 0.6 is 0 Å². The molecular formula is C10H22N. The van der Waals surface area contributed by atoms with Crippen LogP contribution < -0.4 is 0 Å². The Labute approximate surface area is 71.8 Å². The molecule has 0 amide bonds. The van der Waals surface area contributed by atoms with Crippen molar-refractivity contribution < 1.29 is 0 Å². The summed E-state index contributed by atoms with van der Waals surface area (Å²) < 4.78 is 0. The van der Waals surface area contributed by atoms with Crippen LogP contribution in [-0.4, -0.2) is 17.0 Å². The Hall–Kier alpha value is -0.0400. The van der Waals surface area contributed by atoms with Crippen LogP contribution in [0.15, 0.2) is 0 Å². The lowest BCUT2D eigenvalue weighted by Crippen LogP contribution is -2.36. The highest BCUT2D eigenvalue weighted by atomic mass is 15.2. The third-order valence-corrected chi connectivity index (χ3v) is 2.50. The summed E-state index contributed by atoms with van der Waals surface area (Å²) in [5.41, 5.74) is 0. The molecule has 67 valence electrons. The summed E-state index contributed by atoms with van der Waals surface area (Å²) in [6, 6.07) is 1.38. The minimum atomic E-state index is 0.690. The van der Waals surface area contributed by atoms with Gasteiger partial charge in [0.2, 0.25) is 0 Å². The molecule has 0 spiro atoms. The van der Waals surface area contributed by atoms with Crippen LogP contribution in [0.2, 0.25) is 0 Å². The zero-order valence-corrected chi connectivity index (χ0v) is 8.59. The zero-order chi connectivity index (χ0) is 8.85. The fraction of sp³-hybridized carbons (Fsp3) is 0.900. The standard InChI is InChI=1S/C10H22N/c1-6-9(4)11(8-3)10(5)7-2/h8-10H,6-7H2,1-5H3. The Bertz CT molecular complexity index is 80.9. The molecule has 2 unspecified atom stereocenters. The molecule has 1 nitrogen and oxygen atoms in total. The van der Waals surface area contributed by atoms with Crippen LogP contribution in [0.5, 0.6) is 0 Å². The number of rotatable bonds is 5. The minimum absolute atomic E-state index is 0.690. The number of hydrogen-bond acceptors (Lipinski definition) is 1. The van der Waals surface area contributed by atoms with Crippen LogP contribution in [-0.2, 0) is 0 Å². The first kappa shape index (κ1) is 11.0. The smallest absolute Gasteiger partial charge is 0.0226 e. The first-order chi connectivity index (χ1) is 5.17. The van der Waals surface area contributed by atoms with E-state index in [1.54, 1.807) is 0 Å². The summed E-state index contributed by atoms with van der Waals surface area (Å²) in [6.45, 7) is 13.4. The first-order valence-corrected chi connectivity index (χ1v) is 4.74. The van der Waals surface area contributed by atoms with Gasteiger partial charge in [-0.3, -0.25) is 4.90 Å². The van der Waals surface area contributed by atoms with Gasteiger partial charge in [0.25, 0.3) is 0 Å². The second-order valence-corrected chi connectivity index (χ2v) is 3.22. The molecule has 0 aliphatic heterocycles. The summed E-state index contributed by atoms with van der Waals surface area (Å²) in [6.07, 6.45) is 2.46. The highest BCUT2D eigenvalue weighted by Gasteiger charge is 2.14. The molecule has 2 atom stereocenters. The van der Waals surface area contributed by atoms with E-state index in [-0.39, 0.29) is 0 Å². The van der Waals surface area contributed by atoms with Crippen molar-refractivity contribution in [3.63, 3.8) is 0 Å². The molecule has 0 rings (SSSR count). The molecule has 0 aromatic heterocycles. The lowest BCUT2D eigenvalue weighted by molar-refractivity contribution is 0.191. The van der Waals surface area contributed by atoms with Crippen molar-refractivity contribution in [1.29, 1.82) is 0 Å². The van der Waals surface area contributed by atoms with Gasteiger partial charge in [0.1, 0.15) is 0 Å². The summed E-state index contributed by atoms with van der Waals surface area (Å²) in [7, 11) is 0. The van der Waals surface area contributed by atoms with Gasteiger partial charge in [-0.25, -0.2) is 0 Å². The lowest BCUT2D eigenvalue weighted by Gasteiger charge is -2.32. The molecule has 0 aromatic carbocycles. The SMILES string of the molecule is C[CH]N(C(C)CC)C(C)CC. The van der Waals surface area contributed by atoms with Gasteiger partial charge in [0.15, 0.2) is 0 Å². The maximum atomic E-state index is 2.44. The van der Waals surface area contributed by atoms with Gasteiger partial charge in [-0.15, -0.1) is 0 Å². The van der Waals surface area contributed by atoms with Crippen molar-refractivity contribution in [2.24, 2.45) is 0 Å². The van der Waals surface area contributed by atoms with Gasteiger partial charge in [-0.2, -0.15) is 0 Å². The quantitative estimate of drug-likeness (QED) is 0.591. The van der Waals surface area contributed by atoms with Crippen LogP contribution in [0.1, 0.15) is 47.5 Å². The summed E-state index contributed by atoms with van der Waals surface area (Å²) in [5.74, 6) is 0. The molecule has 0 bridgehead atoms. The van der Waals surface area contributed by atoms with Crippen molar-refractivity contribution >= 4 is 0 Å². The number of hydrogen-bond donors (Lipinski definition) is 0. The molecule has 0 saturated heterocycles. The number of nitrogens with zero attached hydrogens (tertiary/aromatic N) is 1. The second-order valence-electron chi connectivity index (χ2n) is 3.22. The molecular weight excluding hydrogens is 134 g/mol. The molecule has 1 heteroatoms. The monoisotopic (exact) mass is 156 g/mol. The van der Waals surface area contributed by atoms with E-state index in [0.717, 1.165) is 0 Å². The van der Waals surface area contributed by atoms with E-state index < -0.39 is 0 Å². The second kappa shape index (κ2) is 5.59. The van der Waals surface area contributed by atoms with Gasteiger partial charge < -0.3 is 0 Å². The van der Waals surface area contributed by atoms with Gasteiger partial charge >= 0.3 is 0 Å². The van der Waals surface area contributed by atoms with Crippen LogP contribution in [0.3, 0.4) is 0 Å². The lowest BCUT2D eigenvalue weighted by atomic mass is 10.1. The molecule has 0 saturated carbocycles. The van der Waals surface area contributed by atoms with E-state index in [1.807, 2.05) is 0 Å². The maximum Gasteiger partial charge on any atom is 0.0226 e. The average Bonchev–Trinajstić information content (AvgIpc) is 2.05. The predicted octanol–water partition coefficient (Wildman–Crippen LogP) is 3.07.